The summed E-state index contributed by atoms with van der Waals surface area (Å²) < 4.78 is 0. The molecule has 35 heavy (non-hydrogen) atoms. The van der Waals surface area contributed by atoms with Gasteiger partial charge in [-0.3, -0.25) is 9.59 Å². The number of hydrogen-bond acceptors (Lipinski definition) is 6. The molecule has 0 saturated carbocycles. The van der Waals surface area contributed by atoms with Gasteiger partial charge in [0, 0.05) is 62.7 Å². The molecule has 1 fully saturated rings. The van der Waals surface area contributed by atoms with Crippen molar-refractivity contribution in [1.82, 2.24) is 25.0 Å². The van der Waals surface area contributed by atoms with Crippen molar-refractivity contribution >= 4 is 23.6 Å². The topological polar surface area (TPSA) is 94.8 Å². The maximum absolute atomic E-state index is 13.7. The number of rotatable bonds is 7. The number of nitrogens with zero attached hydrogens (tertiary/aromatic N) is 4. The van der Waals surface area contributed by atoms with Crippen molar-refractivity contribution in [1.29, 1.82) is 0 Å². The Labute approximate surface area is 206 Å². The molecule has 8 nitrogen and oxygen atoms in total. The molecule has 1 aliphatic heterocycles. The number of piperazine rings is 1. The number of likely N-dealkylation sites (N-methyl/N-ethyl adjacent to an activating group) is 3. The van der Waals surface area contributed by atoms with E-state index in [9.17, 15) is 9.59 Å². The molecule has 1 saturated heterocycles. The number of nitrogens with two attached hydrogens (primary N) is 1. The number of carbonyl (C=O) groups excluding carboxylic acids is 2. The SMILES string of the molecule is CNCCN(C)Cc1cccc(-c2cc(C(=O)N3CCN(C)C(=O)C3)c3c(n2)=CC=CCC=3N)c1. The van der Waals surface area contributed by atoms with Gasteiger partial charge in [-0.25, -0.2) is 4.98 Å². The fourth-order valence-electron chi connectivity index (χ4n) is 4.42. The standard InChI is InChI=1S/C27H34N6O2/c1-29-11-12-31(2)17-19-7-6-8-20(15-19)24-16-21(26-22(28)9-4-5-10-23(26)30-24)27(35)33-14-13-32(3)25(34)18-33/h4-8,10,15-16,29H,9,11-14,17-18,28H2,1-3H3. The fraction of sp³-hybridized carbons (Fsp3) is 0.370. The highest BCUT2D eigenvalue weighted by atomic mass is 16.2. The normalized spacial score (nSPS) is 15.8. The number of amides is 2. The van der Waals surface area contributed by atoms with Crippen LogP contribution < -0.4 is 21.6 Å². The fourth-order valence-corrected chi connectivity index (χ4v) is 4.42. The second-order valence-electron chi connectivity index (χ2n) is 9.22. The van der Waals surface area contributed by atoms with Crippen molar-refractivity contribution in [3.05, 3.63) is 64.2 Å². The Bertz CT molecular complexity index is 1270. The molecule has 0 radical (unpaired) electrons. The number of fused-ring (bicyclic) bond motifs is 1. The van der Waals surface area contributed by atoms with E-state index in [2.05, 4.69) is 29.4 Å². The van der Waals surface area contributed by atoms with Crippen LogP contribution in [0.3, 0.4) is 0 Å². The van der Waals surface area contributed by atoms with E-state index in [-0.39, 0.29) is 18.4 Å². The summed E-state index contributed by atoms with van der Waals surface area (Å²) in [6, 6.07) is 10.1. The molecule has 2 amide bonds. The average molecular weight is 475 g/mol. The van der Waals surface area contributed by atoms with E-state index in [1.54, 1.807) is 16.8 Å². The minimum atomic E-state index is -0.187. The Balaban J connectivity index is 1.76. The molecule has 0 bridgehead atoms. The molecule has 0 atom stereocenters. The molecule has 8 heteroatoms. The third-order valence-corrected chi connectivity index (χ3v) is 6.49. The first-order valence-corrected chi connectivity index (χ1v) is 12.0. The van der Waals surface area contributed by atoms with Crippen LogP contribution in [0.5, 0.6) is 0 Å². The monoisotopic (exact) mass is 474 g/mol. The molecule has 2 aliphatic rings. The Morgan fingerprint density at radius 1 is 1.26 bits per heavy atom. The number of nitrogens with one attached hydrogen (secondary N) is 1. The number of hydrogen-bond donors (Lipinski definition) is 2. The summed E-state index contributed by atoms with van der Waals surface area (Å²) in [4.78, 5) is 36.4. The van der Waals surface area contributed by atoms with Crippen LogP contribution in [0.4, 0.5) is 0 Å². The predicted molar refractivity (Wildman–Crippen MR) is 139 cm³/mol. The van der Waals surface area contributed by atoms with Gasteiger partial charge in [0.15, 0.2) is 0 Å². The summed E-state index contributed by atoms with van der Waals surface area (Å²) in [5.74, 6) is -0.252. The lowest BCUT2D eigenvalue weighted by Crippen LogP contribution is -2.52. The average Bonchev–Trinajstić information content (AvgIpc) is 3.04. The highest BCUT2D eigenvalue weighted by molar-refractivity contribution is 5.98. The first kappa shape index (κ1) is 24.6. The first-order chi connectivity index (χ1) is 16.9. The van der Waals surface area contributed by atoms with Gasteiger partial charge >= 0.3 is 0 Å². The lowest BCUT2D eigenvalue weighted by Gasteiger charge is -2.32. The van der Waals surface area contributed by atoms with Crippen LogP contribution in [0, 0.1) is 0 Å². The Hall–Kier alpha value is -3.49. The summed E-state index contributed by atoms with van der Waals surface area (Å²) in [6.45, 7) is 3.74. The van der Waals surface area contributed by atoms with E-state index >= 15 is 0 Å². The Morgan fingerprint density at radius 2 is 2.09 bits per heavy atom. The number of benzene rings is 1. The van der Waals surface area contributed by atoms with Crippen LogP contribution in [0.25, 0.3) is 23.0 Å². The van der Waals surface area contributed by atoms with E-state index in [4.69, 9.17) is 10.7 Å². The van der Waals surface area contributed by atoms with Gasteiger partial charge in [0.05, 0.1) is 16.6 Å². The van der Waals surface area contributed by atoms with Gasteiger partial charge < -0.3 is 25.8 Å². The zero-order valence-corrected chi connectivity index (χ0v) is 20.8. The largest absolute Gasteiger partial charge is 0.401 e. The molecular formula is C27H34N6O2. The van der Waals surface area contributed by atoms with Crippen LogP contribution in [0.15, 0.2) is 42.5 Å². The summed E-state index contributed by atoms with van der Waals surface area (Å²) in [5, 5.41) is 4.52. The molecular weight excluding hydrogens is 440 g/mol. The van der Waals surface area contributed by atoms with E-state index in [0.717, 1.165) is 25.2 Å². The summed E-state index contributed by atoms with van der Waals surface area (Å²) in [7, 11) is 5.81. The molecule has 2 aromatic rings. The molecule has 1 aromatic heterocycles. The lowest BCUT2D eigenvalue weighted by atomic mass is 10.0. The third-order valence-electron chi connectivity index (χ3n) is 6.49. The molecule has 4 rings (SSSR count). The summed E-state index contributed by atoms with van der Waals surface area (Å²) in [6.07, 6.45) is 6.34. The molecule has 184 valence electrons. The quantitative estimate of drug-likeness (QED) is 0.592. The smallest absolute Gasteiger partial charge is 0.255 e. The maximum atomic E-state index is 13.7. The minimum Gasteiger partial charge on any atom is -0.401 e. The van der Waals surface area contributed by atoms with Crippen molar-refractivity contribution in [2.24, 2.45) is 5.73 Å². The van der Waals surface area contributed by atoms with Crippen LogP contribution in [0.1, 0.15) is 22.3 Å². The minimum absolute atomic E-state index is 0.0646. The highest BCUT2D eigenvalue weighted by Crippen LogP contribution is 2.20. The number of allylic oxidation sites excluding steroid dienone is 1. The van der Waals surface area contributed by atoms with Gasteiger partial charge in [0.25, 0.3) is 5.91 Å². The van der Waals surface area contributed by atoms with E-state index in [0.29, 0.717) is 47.0 Å². The molecule has 3 N–H and O–H groups in total. The van der Waals surface area contributed by atoms with E-state index in [1.807, 2.05) is 43.5 Å². The Kier molecular flexibility index (Phi) is 7.63. The van der Waals surface area contributed by atoms with Gasteiger partial charge in [-0.2, -0.15) is 0 Å². The zero-order valence-electron chi connectivity index (χ0n) is 20.8. The van der Waals surface area contributed by atoms with Crippen molar-refractivity contribution in [3.8, 4) is 11.3 Å². The highest BCUT2D eigenvalue weighted by Gasteiger charge is 2.27. The second-order valence-corrected chi connectivity index (χ2v) is 9.22. The molecule has 1 aromatic carbocycles. The van der Waals surface area contributed by atoms with Crippen molar-refractivity contribution in [3.63, 3.8) is 0 Å². The van der Waals surface area contributed by atoms with E-state index < -0.39 is 0 Å². The maximum Gasteiger partial charge on any atom is 0.255 e. The summed E-state index contributed by atoms with van der Waals surface area (Å²) in [5.41, 5.74) is 10.3. The number of aromatic nitrogens is 1. The van der Waals surface area contributed by atoms with Crippen LogP contribution in [-0.4, -0.2) is 85.4 Å². The van der Waals surface area contributed by atoms with Crippen LogP contribution in [-0.2, 0) is 11.3 Å². The van der Waals surface area contributed by atoms with Crippen molar-refractivity contribution in [2.45, 2.75) is 13.0 Å². The van der Waals surface area contributed by atoms with Gasteiger partial charge in [-0.05, 0) is 37.9 Å². The third kappa shape index (κ3) is 5.61. The van der Waals surface area contributed by atoms with Crippen molar-refractivity contribution in [2.75, 3.05) is 53.9 Å². The first-order valence-electron chi connectivity index (χ1n) is 12.0. The van der Waals surface area contributed by atoms with Gasteiger partial charge in [-0.15, -0.1) is 0 Å². The van der Waals surface area contributed by atoms with Crippen molar-refractivity contribution < 1.29 is 9.59 Å². The molecule has 0 unspecified atom stereocenters. The summed E-state index contributed by atoms with van der Waals surface area (Å²) >= 11 is 0. The second kappa shape index (κ2) is 10.8. The zero-order chi connectivity index (χ0) is 24.9. The van der Waals surface area contributed by atoms with Gasteiger partial charge in [-0.1, -0.05) is 30.4 Å². The molecule has 1 aliphatic carbocycles. The van der Waals surface area contributed by atoms with Gasteiger partial charge in [0.1, 0.15) is 6.54 Å². The Morgan fingerprint density at radius 3 is 2.86 bits per heavy atom. The van der Waals surface area contributed by atoms with Crippen LogP contribution in [0.2, 0.25) is 0 Å². The molecule has 0 spiro atoms. The lowest BCUT2D eigenvalue weighted by molar-refractivity contribution is -0.133. The number of carbonyl (C=O) groups is 2. The van der Waals surface area contributed by atoms with Gasteiger partial charge in [0.2, 0.25) is 5.91 Å². The predicted octanol–water partition coefficient (Wildman–Crippen LogP) is 0.121. The number of pyridine rings is 1. The van der Waals surface area contributed by atoms with Crippen LogP contribution >= 0.6 is 0 Å². The van der Waals surface area contributed by atoms with E-state index in [1.165, 1.54) is 5.56 Å². The molecule has 2 heterocycles.